The molecule has 0 radical (unpaired) electrons. The Morgan fingerprint density at radius 3 is 1.87 bits per heavy atom. The fraction of sp³-hybridized carbons (Fsp3) is 0.0769. The summed E-state index contributed by atoms with van der Waals surface area (Å²) in [6, 6.07) is 8.42. The smallest absolute Gasteiger partial charge is 0.279 e. The average molecular weight is 337 g/mol. The number of nitro groups is 2. The van der Waals surface area contributed by atoms with Crippen LogP contribution in [0, 0.1) is 20.2 Å². The molecule has 23 heavy (non-hydrogen) atoms. The molecule has 0 fully saturated rings. The summed E-state index contributed by atoms with van der Waals surface area (Å²) in [6.07, 6.45) is -0.425. The van der Waals surface area contributed by atoms with Crippen LogP contribution in [0.15, 0.2) is 47.4 Å². The predicted molar refractivity (Wildman–Crippen MR) is 77.0 cm³/mol. The minimum atomic E-state index is -4.81. The van der Waals surface area contributed by atoms with Crippen molar-refractivity contribution in [2.45, 2.75) is 11.3 Å². The molecule has 0 atom stereocenters. The zero-order valence-corrected chi connectivity index (χ0v) is 12.2. The van der Waals surface area contributed by atoms with Crippen LogP contribution in [0.2, 0.25) is 0 Å². The second-order valence-corrected chi connectivity index (χ2v) is 5.88. The first-order valence-electron chi connectivity index (χ1n) is 6.16. The van der Waals surface area contributed by atoms with E-state index in [4.69, 9.17) is 0 Å². The summed E-state index contributed by atoms with van der Waals surface area (Å²) in [5.74, 6) is 0. The van der Waals surface area contributed by atoms with E-state index >= 15 is 0 Å². The van der Waals surface area contributed by atoms with Crippen LogP contribution in [0.3, 0.4) is 0 Å². The molecule has 0 N–H and O–H groups in total. The summed E-state index contributed by atoms with van der Waals surface area (Å²) in [6.45, 7) is 0. The molecule has 0 aromatic heterocycles. The van der Waals surface area contributed by atoms with Gasteiger partial charge in [0.25, 0.3) is 11.4 Å². The first-order chi connectivity index (χ1) is 10.7. The summed E-state index contributed by atoms with van der Waals surface area (Å²) < 4.78 is 33.8. The molecule has 0 spiro atoms. The minimum Gasteiger partial charge on any atom is -0.744 e. The van der Waals surface area contributed by atoms with Crippen molar-refractivity contribution >= 4 is 21.5 Å². The van der Waals surface area contributed by atoms with Crippen LogP contribution < -0.4 is 0 Å². The molecule has 2 aromatic carbocycles. The van der Waals surface area contributed by atoms with Crippen molar-refractivity contribution in [2.75, 3.05) is 0 Å². The Labute approximate surface area is 130 Å². The number of hydrogen-bond donors (Lipinski definition) is 0. The van der Waals surface area contributed by atoms with Gasteiger partial charge in [0.2, 0.25) is 0 Å². The molecule has 0 unspecified atom stereocenters. The molecule has 0 aliphatic rings. The molecule has 0 aliphatic heterocycles. The highest BCUT2D eigenvalue weighted by molar-refractivity contribution is 7.85. The molecule has 0 aliphatic carbocycles. The van der Waals surface area contributed by atoms with Crippen molar-refractivity contribution in [1.29, 1.82) is 0 Å². The number of nitro benzene ring substituents is 2. The van der Waals surface area contributed by atoms with Crippen LogP contribution in [0.5, 0.6) is 0 Å². The average Bonchev–Trinajstić information content (AvgIpc) is 2.46. The molecule has 9 nitrogen and oxygen atoms in total. The second-order valence-electron chi connectivity index (χ2n) is 4.53. The molecule has 10 heteroatoms. The van der Waals surface area contributed by atoms with E-state index in [1.54, 1.807) is 0 Å². The molecule has 0 amide bonds. The maximum Gasteiger partial charge on any atom is 0.279 e. The predicted octanol–water partition coefficient (Wildman–Crippen LogP) is 2.00. The summed E-state index contributed by atoms with van der Waals surface area (Å²) in [5, 5.41) is 22.1. The summed E-state index contributed by atoms with van der Waals surface area (Å²) in [7, 11) is -4.81. The fourth-order valence-corrected chi connectivity index (χ4v) is 2.88. The third-order valence-electron chi connectivity index (χ3n) is 3.13. The molecule has 0 bridgehead atoms. The van der Waals surface area contributed by atoms with Gasteiger partial charge < -0.3 is 4.55 Å². The molecule has 0 heterocycles. The Kier molecular flexibility index (Phi) is 4.38. The van der Waals surface area contributed by atoms with E-state index < -0.39 is 42.7 Å². The highest BCUT2D eigenvalue weighted by Crippen LogP contribution is 2.31. The Balaban J connectivity index is 2.66. The first kappa shape index (κ1) is 16.5. The van der Waals surface area contributed by atoms with Gasteiger partial charge in [-0.1, -0.05) is 18.2 Å². The molecule has 2 aromatic rings. The van der Waals surface area contributed by atoms with Crippen LogP contribution in [0.4, 0.5) is 11.4 Å². The second kappa shape index (κ2) is 6.10. The normalized spacial score (nSPS) is 11.2. The van der Waals surface area contributed by atoms with Gasteiger partial charge >= 0.3 is 0 Å². The van der Waals surface area contributed by atoms with Gasteiger partial charge in [-0.25, -0.2) is 8.42 Å². The van der Waals surface area contributed by atoms with Gasteiger partial charge in [0.1, 0.15) is 15.7 Å². The zero-order chi connectivity index (χ0) is 17.2. The highest BCUT2D eigenvalue weighted by atomic mass is 32.2. The third-order valence-corrected chi connectivity index (χ3v) is 4.07. The largest absolute Gasteiger partial charge is 0.744 e. The standard InChI is InChI=1S/C13H10N2O7S/c16-14(17)11-5-3-6-12(15(18)19)10(11)8-9-4-1-2-7-13(9)23(20,21)22/h1-7H,8H2,(H,20,21,22)/p-1. The highest BCUT2D eigenvalue weighted by Gasteiger charge is 2.25. The number of benzene rings is 2. The van der Waals surface area contributed by atoms with Crippen LogP contribution in [-0.2, 0) is 16.5 Å². The maximum absolute atomic E-state index is 11.3. The number of hydrogen-bond acceptors (Lipinski definition) is 7. The Morgan fingerprint density at radius 2 is 1.39 bits per heavy atom. The van der Waals surface area contributed by atoms with E-state index in [0.29, 0.717) is 0 Å². The van der Waals surface area contributed by atoms with Crippen molar-refractivity contribution in [2.24, 2.45) is 0 Å². The van der Waals surface area contributed by atoms with Gasteiger partial charge in [-0.2, -0.15) is 0 Å². The fourth-order valence-electron chi connectivity index (χ4n) is 2.17. The molecule has 2 rings (SSSR count). The maximum atomic E-state index is 11.3. The van der Waals surface area contributed by atoms with Gasteiger partial charge in [0.15, 0.2) is 0 Å². The lowest BCUT2D eigenvalue weighted by atomic mass is 10.0. The van der Waals surface area contributed by atoms with Crippen molar-refractivity contribution in [3.63, 3.8) is 0 Å². The van der Waals surface area contributed by atoms with E-state index in [1.165, 1.54) is 18.2 Å². The van der Waals surface area contributed by atoms with Crippen molar-refractivity contribution < 1.29 is 22.8 Å². The van der Waals surface area contributed by atoms with E-state index in [-0.39, 0.29) is 11.1 Å². The van der Waals surface area contributed by atoms with E-state index in [1.807, 2.05) is 0 Å². The number of rotatable bonds is 5. The van der Waals surface area contributed by atoms with E-state index in [9.17, 15) is 33.2 Å². The zero-order valence-electron chi connectivity index (χ0n) is 11.4. The quantitative estimate of drug-likeness (QED) is 0.461. The van der Waals surface area contributed by atoms with Crippen LogP contribution >= 0.6 is 0 Å². The van der Waals surface area contributed by atoms with Gasteiger partial charge in [-0.3, -0.25) is 20.2 Å². The van der Waals surface area contributed by atoms with Crippen LogP contribution in [0.1, 0.15) is 11.1 Å². The number of nitrogens with zero attached hydrogens (tertiary/aromatic N) is 2. The van der Waals surface area contributed by atoms with Gasteiger partial charge in [-0.15, -0.1) is 0 Å². The topological polar surface area (TPSA) is 143 Å². The lowest BCUT2D eigenvalue weighted by molar-refractivity contribution is -0.395. The first-order valence-corrected chi connectivity index (χ1v) is 7.57. The van der Waals surface area contributed by atoms with Crippen molar-refractivity contribution in [1.82, 2.24) is 0 Å². The van der Waals surface area contributed by atoms with Crippen molar-refractivity contribution in [3.8, 4) is 0 Å². The van der Waals surface area contributed by atoms with Gasteiger partial charge in [0, 0.05) is 18.6 Å². The molecule has 120 valence electrons. The van der Waals surface area contributed by atoms with Crippen molar-refractivity contribution in [3.05, 3.63) is 73.8 Å². The minimum absolute atomic E-state index is 0.0418. The Hall–Kier alpha value is -2.85. The van der Waals surface area contributed by atoms with Crippen LogP contribution in [0.25, 0.3) is 0 Å². The van der Waals surface area contributed by atoms with E-state index in [0.717, 1.165) is 24.3 Å². The van der Waals surface area contributed by atoms with E-state index in [2.05, 4.69) is 0 Å². The summed E-state index contributed by atoms with van der Waals surface area (Å²) >= 11 is 0. The van der Waals surface area contributed by atoms with Crippen LogP contribution in [-0.4, -0.2) is 22.8 Å². The molecule has 0 saturated heterocycles. The Bertz CT molecular complexity index is 861. The molecule has 0 saturated carbocycles. The SMILES string of the molecule is O=[N+]([O-])c1cccc([N+](=O)[O-])c1Cc1ccccc1S(=O)(=O)[O-]. The molecular weight excluding hydrogens is 328 g/mol. The monoisotopic (exact) mass is 337 g/mol. The van der Waals surface area contributed by atoms with Gasteiger partial charge in [-0.05, 0) is 17.7 Å². The summed E-state index contributed by atoms with van der Waals surface area (Å²) in [4.78, 5) is 20.0. The van der Waals surface area contributed by atoms with Gasteiger partial charge in [0.05, 0.1) is 14.7 Å². The Morgan fingerprint density at radius 1 is 0.870 bits per heavy atom. The third kappa shape index (κ3) is 3.49. The summed E-state index contributed by atoms with van der Waals surface area (Å²) in [5.41, 5.74) is -1.34. The molecular formula is C13H9N2O7S-. The lowest BCUT2D eigenvalue weighted by Gasteiger charge is -2.13. The lowest BCUT2D eigenvalue weighted by Crippen LogP contribution is -2.07.